The Balaban J connectivity index is 2.02. The monoisotopic (exact) mass is 231 g/mol. The molecule has 4 heteroatoms. The normalized spacial score (nSPS) is 21.3. The molecule has 15 heavy (non-hydrogen) atoms. The molecule has 1 heterocycles. The van der Waals surface area contributed by atoms with Gasteiger partial charge in [0.2, 0.25) is 0 Å². The molecular formula is C11H21NO2S. The fourth-order valence-electron chi connectivity index (χ4n) is 1.51. The lowest BCUT2D eigenvalue weighted by Crippen LogP contribution is -2.38. The van der Waals surface area contributed by atoms with Gasteiger partial charge in [0.05, 0.1) is 6.61 Å². The van der Waals surface area contributed by atoms with Crippen molar-refractivity contribution < 1.29 is 9.53 Å². The first kappa shape index (κ1) is 12.8. The minimum absolute atomic E-state index is 0.0184. The molecule has 1 unspecified atom stereocenters. The summed E-state index contributed by atoms with van der Waals surface area (Å²) in [4.78, 5) is 11.5. The van der Waals surface area contributed by atoms with Crippen molar-refractivity contribution in [3.63, 3.8) is 0 Å². The van der Waals surface area contributed by atoms with Crippen molar-refractivity contribution in [1.29, 1.82) is 0 Å². The standard InChI is InChI=1S/C11H21NO2S/c1-2-3-4-5-7-14-11(13)10-9-12-6-8-15-10/h10,12H,2-9H2,1H3. The lowest BCUT2D eigenvalue weighted by Gasteiger charge is -2.20. The first-order valence-electron chi connectivity index (χ1n) is 5.83. The Morgan fingerprint density at radius 2 is 2.33 bits per heavy atom. The molecule has 1 atom stereocenters. The molecule has 1 N–H and O–H groups in total. The first-order chi connectivity index (χ1) is 7.34. The molecule has 0 saturated carbocycles. The maximum absolute atomic E-state index is 11.5. The van der Waals surface area contributed by atoms with Crippen LogP contribution in [0.1, 0.15) is 32.6 Å². The van der Waals surface area contributed by atoms with Crippen LogP contribution in [0.25, 0.3) is 0 Å². The summed E-state index contributed by atoms with van der Waals surface area (Å²) >= 11 is 1.70. The van der Waals surface area contributed by atoms with E-state index >= 15 is 0 Å². The topological polar surface area (TPSA) is 38.3 Å². The van der Waals surface area contributed by atoms with Crippen LogP contribution in [0.5, 0.6) is 0 Å². The molecule has 3 nitrogen and oxygen atoms in total. The number of unbranched alkanes of at least 4 members (excludes halogenated alkanes) is 3. The SMILES string of the molecule is CCCCCCOC(=O)C1CNCCS1. The minimum Gasteiger partial charge on any atom is -0.465 e. The average molecular weight is 231 g/mol. The Bertz CT molecular complexity index is 181. The molecule has 0 spiro atoms. The largest absolute Gasteiger partial charge is 0.465 e. The summed E-state index contributed by atoms with van der Waals surface area (Å²) in [7, 11) is 0. The quantitative estimate of drug-likeness (QED) is 0.559. The van der Waals surface area contributed by atoms with Crippen molar-refractivity contribution in [1.82, 2.24) is 5.32 Å². The number of ether oxygens (including phenoxy) is 1. The summed E-state index contributed by atoms with van der Waals surface area (Å²) in [5.41, 5.74) is 0. The van der Waals surface area contributed by atoms with Crippen LogP contribution in [0.2, 0.25) is 0 Å². The smallest absolute Gasteiger partial charge is 0.320 e. The average Bonchev–Trinajstić information content (AvgIpc) is 2.30. The molecule has 0 amide bonds. The van der Waals surface area contributed by atoms with E-state index in [-0.39, 0.29) is 11.2 Å². The van der Waals surface area contributed by atoms with E-state index in [1.807, 2.05) is 0 Å². The molecule has 0 aliphatic carbocycles. The van der Waals surface area contributed by atoms with Crippen LogP contribution in [0, 0.1) is 0 Å². The number of carbonyl (C=O) groups is 1. The fourth-order valence-corrected chi connectivity index (χ4v) is 2.50. The lowest BCUT2D eigenvalue weighted by atomic mass is 10.2. The summed E-state index contributed by atoms with van der Waals surface area (Å²) in [6, 6.07) is 0. The van der Waals surface area contributed by atoms with Gasteiger partial charge in [-0.2, -0.15) is 0 Å². The molecule has 88 valence electrons. The van der Waals surface area contributed by atoms with Gasteiger partial charge >= 0.3 is 5.97 Å². The van der Waals surface area contributed by atoms with Crippen molar-refractivity contribution in [3.05, 3.63) is 0 Å². The maximum Gasteiger partial charge on any atom is 0.320 e. The number of nitrogens with one attached hydrogen (secondary N) is 1. The third-order valence-corrected chi connectivity index (χ3v) is 3.63. The van der Waals surface area contributed by atoms with Gasteiger partial charge in [0.15, 0.2) is 0 Å². The molecule has 1 aliphatic rings. The van der Waals surface area contributed by atoms with Gasteiger partial charge in [-0.3, -0.25) is 4.79 Å². The molecule has 1 saturated heterocycles. The van der Waals surface area contributed by atoms with E-state index in [9.17, 15) is 4.79 Å². The van der Waals surface area contributed by atoms with E-state index in [0.29, 0.717) is 6.61 Å². The second-order valence-electron chi connectivity index (χ2n) is 3.79. The van der Waals surface area contributed by atoms with E-state index < -0.39 is 0 Å². The fraction of sp³-hybridized carbons (Fsp3) is 0.909. The summed E-state index contributed by atoms with van der Waals surface area (Å²) in [6.07, 6.45) is 4.62. The molecule has 0 bridgehead atoms. The van der Waals surface area contributed by atoms with Crippen LogP contribution >= 0.6 is 11.8 Å². The Morgan fingerprint density at radius 1 is 1.47 bits per heavy atom. The molecule has 1 fully saturated rings. The maximum atomic E-state index is 11.5. The highest BCUT2D eigenvalue weighted by Gasteiger charge is 2.22. The van der Waals surface area contributed by atoms with Crippen molar-refractivity contribution in [3.8, 4) is 0 Å². The number of hydrogen-bond donors (Lipinski definition) is 1. The van der Waals surface area contributed by atoms with Crippen LogP contribution in [0.3, 0.4) is 0 Å². The highest BCUT2D eigenvalue weighted by molar-refractivity contribution is 8.00. The van der Waals surface area contributed by atoms with Crippen molar-refractivity contribution in [2.45, 2.75) is 37.9 Å². The summed E-state index contributed by atoms with van der Waals surface area (Å²) in [5.74, 6) is 0.971. The highest BCUT2D eigenvalue weighted by Crippen LogP contribution is 2.14. The van der Waals surface area contributed by atoms with Crippen LogP contribution in [0.15, 0.2) is 0 Å². The highest BCUT2D eigenvalue weighted by atomic mass is 32.2. The van der Waals surface area contributed by atoms with Gasteiger partial charge in [-0.15, -0.1) is 11.8 Å². The predicted molar refractivity (Wildman–Crippen MR) is 64.2 cm³/mol. The van der Waals surface area contributed by atoms with E-state index in [4.69, 9.17) is 4.74 Å². The van der Waals surface area contributed by atoms with Gasteiger partial charge in [0, 0.05) is 18.8 Å². The Labute approximate surface area is 96.3 Å². The summed E-state index contributed by atoms with van der Waals surface area (Å²) < 4.78 is 5.23. The molecule has 1 rings (SSSR count). The molecule has 0 aromatic rings. The van der Waals surface area contributed by atoms with E-state index in [2.05, 4.69) is 12.2 Å². The van der Waals surface area contributed by atoms with E-state index in [1.165, 1.54) is 19.3 Å². The van der Waals surface area contributed by atoms with Crippen molar-refractivity contribution in [2.24, 2.45) is 0 Å². The van der Waals surface area contributed by atoms with E-state index in [1.54, 1.807) is 11.8 Å². The first-order valence-corrected chi connectivity index (χ1v) is 6.88. The number of esters is 1. The molecule has 1 aliphatic heterocycles. The lowest BCUT2D eigenvalue weighted by molar-refractivity contribution is -0.143. The number of hydrogen-bond acceptors (Lipinski definition) is 4. The van der Waals surface area contributed by atoms with E-state index in [0.717, 1.165) is 25.3 Å². The van der Waals surface area contributed by atoms with Gasteiger partial charge in [-0.25, -0.2) is 0 Å². The van der Waals surface area contributed by atoms with Crippen molar-refractivity contribution in [2.75, 3.05) is 25.4 Å². The van der Waals surface area contributed by atoms with Gasteiger partial charge < -0.3 is 10.1 Å². The third-order valence-electron chi connectivity index (χ3n) is 2.43. The Morgan fingerprint density at radius 3 is 3.00 bits per heavy atom. The zero-order valence-electron chi connectivity index (χ0n) is 9.46. The van der Waals surface area contributed by atoms with Gasteiger partial charge in [0.25, 0.3) is 0 Å². The van der Waals surface area contributed by atoms with Crippen LogP contribution in [-0.2, 0) is 9.53 Å². The number of rotatable bonds is 6. The zero-order valence-corrected chi connectivity index (χ0v) is 10.3. The minimum atomic E-state index is -0.0382. The number of carbonyl (C=O) groups excluding carboxylic acids is 1. The summed E-state index contributed by atoms with van der Waals surface area (Å²) in [5, 5.41) is 3.22. The van der Waals surface area contributed by atoms with Gasteiger partial charge in [0.1, 0.15) is 5.25 Å². The van der Waals surface area contributed by atoms with Crippen molar-refractivity contribution >= 4 is 17.7 Å². The van der Waals surface area contributed by atoms with Crippen LogP contribution in [-0.4, -0.2) is 36.7 Å². The molecular weight excluding hydrogens is 210 g/mol. The Hall–Kier alpha value is -0.220. The molecule has 0 radical (unpaired) electrons. The predicted octanol–water partition coefficient (Wildman–Crippen LogP) is 1.81. The second-order valence-corrected chi connectivity index (χ2v) is 5.10. The van der Waals surface area contributed by atoms with Crippen LogP contribution in [0.4, 0.5) is 0 Å². The zero-order chi connectivity index (χ0) is 10.9. The second kappa shape index (κ2) is 7.99. The Kier molecular flexibility index (Phi) is 6.85. The van der Waals surface area contributed by atoms with Crippen LogP contribution < -0.4 is 5.32 Å². The number of thioether (sulfide) groups is 1. The molecule has 0 aromatic carbocycles. The van der Waals surface area contributed by atoms with Gasteiger partial charge in [-0.05, 0) is 6.42 Å². The summed E-state index contributed by atoms with van der Waals surface area (Å²) in [6.45, 7) is 4.54. The van der Waals surface area contributed by atoms with Gasteiger partial charge in [-0.1, -0.05) is 26.2 Å². The third kappa shape index (κ3) is 5.42. The molecule has 0 aromatic heterocycles.